The van der Waals surface area contributed by atoms with E-state index >= 15 is 0 Å². The summed E-state index contributed by atoms with van der Waals surface area (Å²) >= 11 is 0. The second-order valence-electron chi connectivity index (χ2n) is 26.6. The highest BCUT2D eigenvalue weighted by Gasteiger charge is 2.70. The van der Waals surface area contributed by atoms with Crippen molar-refractivity contribution in [3.63, 3.8) is 0 Å². The molecule has 32 unspecified atom stereocenters. The molecule has 0 aromatic rings. The minimum absolute atomic E-state index is 0.102. The van der Waals surface area contributed by atoms with Gasteiger partial charge in [-0.15, -0.1) is 0 Å². The van der Waals surface area contributed by atoms with Crippen LogP contribution in [-0.2, 0) is 56.8 Å². The summed E-state index contributed by atoms with van der Waals surface area (Å²) in [5.41, 5.74) is -0.132. The predicted octanol–water partition coefficient (Wildman–Crippen LogP) is -6.36. The van der Waals surface area contributed by atoms with Crippen molar-refractivity contribution in [3.05, 3.63) is 0 Å². The molecule has 4 saturated carbocycles. The lowest BCUT2D eigenvalue weighted by atomic mass is 9.44. The Bertz CT molecular complexity index is 2200. The Morgan fingerprint density at radius 3 is 1.53 bits per heavy atom. The maximum Gasteiger partial charge on any atom is 0.187 e. The average Bonchev–Trinajstić information content (AvgIpc) is 1.70. The third-order valence-corrected chi connectivity index (χ3v) is 22.2. The standard InChI is InChI=1S/C56H92O29/c1-20-33-27(85-56(20)9-4-5-11-74-56)13-24-22-7-6-21-12-26(25(62)14-55(21,3)23(22)8-10-54(24,33)2)75-49-43(72)40(69)45(32(19-61)80-49)81-53-48(84-51-42(71)39(68)35(64)29(16-58)77-51)47(37(66)31(18-60)79-53)83-52-44(73)46(36(65)30(17-59)78-52)82-50-41(70)38(67)34(63)28(15-57)76-50/h20-53,57-73H,4-19H2,1-3H3/t20?,21?,22?,23?,24?,25-,26-,27?,28?,29?,30?,31?,32?,33?,34?,35?,36?,37?,38?,39?,40?,41?,42?,43?,44?,45?,46?,47?,48?,49?,50?,51?,52?,53?,54+,55+,56-/m1/s1. The van der Waals surface area contributed by atoms with Crippen molar-refractivity contribution in [3.8, 4) is 0 Å². The third-order valence-electron chi connectivity index (χ3n) is 22.2. The summed E-state index contributed by atoms with van der Waals surface area (Å²) in [4.78, 5) is 0. The molecule has 7 saturated heterocycles. The lowest BCUT2D eigenvalue weighted by Gasteiger charge is -2.62. The van der Waals surface area contributed by atoms with Crippen molar-refractivity contribution in [2.75, 3.05) is 39.6 Å². The van der Waals surface area contributed by atoms with Crippen LogP contribution in [0.3, 0.4) is 0 Å². The second kappa shape index (κ2) is 25.7. The molecule has 0 aromatic heterocycles. The molecule has 7 heterocycles. The Labute approximate surface area is 491 Å². The quantitative estimate of drug-likeness (QED) is 0.0678. The fraction of sp³-hybridized carbons (Fsp3) is 1.00. The maximum atomic E-state index is 12.0. The molecule has 4 aliphatic carbocycles. The monoisotopic (exact) mass is 1230 g/mol. The summed E-state index contributed by atoms with van der Waals surface area (Å²) in [6.45, 7) is 3.07. The molecule has 17 N–H and O–H groups in total. The molecule has 0 aromatic carbocycles. The summed E-state index contributed by atoms with van der Waals surface area (Å²) in [6, 6.07) is 0. The topological polar surface area (TPSA) is 455 Å². The van der Waals surface area contributed by atoms with Crippen molar-refractivity contribution in [1.82, 2.24) is 0 Å². The Morgan fingerprint density at radius 1 is 0.435 bits per heavy atom. The van der Waals surface area contributed by atoms with Gasteiger partial charge in [-0.3, -0.25) is 0 Å². The Balaban J connectivity index is 0.798. The fourth-order valence-corrected chi connectivity index (χ4v) is 17.6. The highest BCUT2D eigenvalue weighted by Crippen LogP contribution is 2.71. The summed E-state index contributed by atoms with van der Waals surface area (Å²) < 4.78 is 72.9. The predicted molar refractivity (Wildman–Crippen MR) is 278 cm³/mol. The molecule has 37 atom stereocenters. The molecule has 1 spiro atoms. The molecule has 85 heavy (non-hydrogen) atoms. The van der Waals surface area contributed by atoms with E-state index in [9.17, 15) is 86.8 Å². The molecule has 11 fully saturated rings. The van der Waals surface area contributed by atoms with Crippen LogP contribution in [0.25, 0.3) is 0 Å². The van der Waals surface area contributed by atoms with Gasteiger partial charge in [0.1, 0.15) is 122 Å². The molecular formula is C56H92O29. The highest BCUT2D eigenvalue weighted by atomic mass is 16.8. The number of aliphatic hydroxyl groups excluding tert-OH is 17. The van der Waals surface area contributed by atoms with Crippen LogP contribution >= 0.6 is 0 Å². The van der Waals surface area contributed by atoms with Gasteiger partial charge in [-0.1, -0.05) is 20.8 Å². The molecule has 0 bridgehead atoms. The average molecular weight is 1230 g/mol. The van der Waals surface area contributed by atoms with E-state index < -0.39 is 205 Å². The van der Waals surface area contributed by atoms with E-state index in [1.807, 2.05) is 0 Å². The lowest BCUT2D eigenvalue weighted by Crippen LogP contribution is -2.69. The first-order chi connectivity index (χ1) is 40.5. The number of hydrogen-bond acceptors (Lipinski definition) is 29. The number of hydrogen-bond donors (Lipinski definition) is 17. The van der Waals surface area contributed by atoms with E-state index in [-0.39, 0.29) is 22.9 Å². The Hall–Kier alpha value is -1.16. The van der Waals surface area contributed by atoms with Crippen molar-refractivity contribution in [1.29, 1.82) is 0 Å². The van der Waals surface area contributed by atoms with Crippen LogP contribution in [-0.4, -0.2) is 304 Å². The van der Waals surface area contributed by atoms with Crippen molar-refractivity contribution in [2.24, 2.45) is 46.3 Å². The summed E-state index contributed by atoms with van der Waals surface area (Å²) in [7, 11) is 0. The van der Waals surface area contributed by atoms with Gasteiger partial charge in [0.2, 0.25) is 0 Å². The van der Waals surface area contributed by atoms with Gasteiger partial charge in [0.05, 0.1) is 58.0 Å². The lowest BCUT2D eigenvalue weighted by molar-refractivity contribution is -0.411. The van der Waals surface area contributed by atoms with Crippen LogP contribution in [0.1, 0.15) is 85.0 Å². The zero-order valence-corrected chi connectivity index (χ0v) is 47.9. The van der Waals surface area contributed by atoms with Crippen LogP contribution < -0.4 is 0 Å². The summed E-state index contributed by atoms with van der Waals surface area (Å²) in [5.74, 6) is 1.59. The molecule has 29 heteroatoms. The second-order valence-corrected chi connectivity index (χ2v) is 26.6. The fourth-order valence-electron chi connectivity index (χ4n) is 17.6. The van der Waals surface area contributed by atoms with Crippen LogP contribution in [0, 0.1) is 46.3 Å². The maximum absolute atomic E-state index is 12.0. The first kappa shape index (κ1) is 65.3. The van der Waals surface area contributed by atoms with E-state index in [4.69, 9.17) is 56.8 Å². The SMILES string of the molecule is CC1C2C(CC3C4CCC5C[C@@H](OC6OC(CO)C(OC7OC(CO)C(O)C(OC8OC(CO)C(O)C(OC9OC(CO)C(O)C(O)C9O)C8O)C7OC7OC(CO)C(O)C(O)C7O)C(O)C6O)[C@H](O)C[C@]5(C)C4CC[C@@]32C)O[C@]12CCCCO2. The first-order valence-corrected chi connectivity index (χ1v) is 30.5. The van der Waals surface area contributed by atoms with Crippen LogP contribution in [0.5, 0.6) is 0 Å². The zero-order valence-electron chi connectivity index (χ0n) is 47.9. The highest BCUT2D eigenvalue weighted by molar-refractivity contribution is 5.16. The molecule has 11 aliphatic rings. The summed E-state index contributed by atoms with van der Waals surface area (Å²) in [6.07, 6.45) is -41.0. The van der Waals surface area contributed by atoms with Gasteiger partial charge in [-0.25, -0.2) is 0 Å². The number of fused-ring (bicyclic) bond motifs is 7. The molecule has 29 nitrogen and oxygen atoms in total. The van der Waals surface area contributed by atoms with Gasteiger partial charge in [0.15, 0.2) is 37.2 Å². The smallest absolute Gasteiger partial charge is 0.187 e. The van der Waals surface area contributed by atoms with E-state index in [0.717, 1.165) is 58.0 Å². The first-order valence-electron chi connectivity index (χ1n) is 30.5. The van der Waals surface area contributed by atoms with Crippen LogP contribution in [0.15, 0.2) is 0 Å². The Kier molecular flexibility index (Phi) is 19.8. The molecule has 0 amide bonds. The normalized spacial score (nSPS) is 57.2. The third kappa shape index (κ3) is 11.4. The van der Waals surface area contributed by atoms with Crippen molar-refractivity contribution >= 4 is 0 Å². The number of rotatable bonds is 15. The van der Waals surface area contributed by atoms with Gasteiger partial charge >= 0.3 is 0 Å². The Morgan fingerprint density at radius 2 is 0.941 bits per heavy atom. The van der Waals surface area contributed by atoms with E-state index in [2.05, 4.69) is 20.8 Å². The zero-order chi connectivity index (χ0) is 60.9. The minimum Gasteiger partial charge on any atom is -0.394 e. The van der Waals surface area contributed by atoms with Gasteiger partial charge in [-0.05, 0) is 98.2 Å². The summed E-state index contributed by atoms with van der Waals surface area (Å²) in [5, 5.41) is 187. The van der Waals surface area contributed by atoms with Crippen LogP contribution in [0.4, 0.5) is 0 Å². The van der Waals surface area contributed by atoms with E-state index in [1.54, 1.807) is 0 Å². The van der Waals surface area contributed by atoms with Crippen molar-refractivity contribution in [2.45, 2.75) is 263 Å². The number of aliphatic hydroxyl groups is 17. The molecule has 0 radical (unpaired) electrons. The van der Waals surface area contributed by atoms with E-state index in [1.165, 1.54) is 0 Å². The number of ether oxygens (including phenoxy) is 12. The largest absolute Gasteiger partial charge is 0.394 e. The van der Waals surface area contributed by atoms with Crippen molar-refractivity contribution < 1.29 is 144 Å². The van der Waals surface area contributed by atoms with E-state index in [0.29, 0.717) is 42.4 Å². The molecule has 7 aliphatic heterocycles. The molecular weight excluding hydrogens is 1140 g/mol. The molecule has 11 rings (SSSR count). The van der Waals surface area contributed by atoms with Gasteiger partial charge < -0.3 is 144 Å². The van der Waals surface area contributed by atoms with Gasteiger partial charge in [-0.2, -0.15) is 0 Å². The van der Waals surface area contributed by atoms with Gasteiger partial charge in [0.25, 0.3) is 0 Å². The minimum atomic E-state index is -2.22. The molecule has 490 valence electrons. The van der Waals surface area contributed by atoms with Gasteiger partial charge in [0, 0.05) is 12.3 Å². The van der Waals surface area contributed by atoms with Crippen LogP contribution in [0.2, 0.25) is 0 Å².